The van der Waals surface area contributed by atoms with Crippen molar-refractivity contribution in [2.45, 2.75) is 93.1 Å². The first kappa shape index (κ1) is 39.3. The highest BCUT2D eigenvalue weighted by Crippen LogP contribution is 2.64. The molecule has 0 saturated carbocycles. The third-order valence-electron chi connectivity index (χ3n) is 6.04. The van der Waals surface area contributed by atoms with Gasteiger partial charge in [-0.15, -0.1) is 0 Å². The van der Waals surface area contributed by atoms with Gasteiger partial charge in [-0.2, -0.15) is 74.6 Å². The van der Waals surface area contributed by atoms with E-state index in [1.165, 1.54) is 0 Å². The second-order valence-corrected chi connectivity index (χ2v) is 9.32. The predicted octanol–water partition coefficient (Wildman–Crippen LogP) is 9.59. The largest absolute Gasteiger partial charge is 0.493 e. The molecule has 0 aliphatic carbocycles. The Balaban J connectivity index is 3.02. The Morgan fingerprint density at radius 3 is 1.45 bits per heavy atom. The lowest BCUT2D eigenvalue weighted by Gasteiger charge is -2.42. The number of esters is 1. The number of rotatable bonds is 17. The predicted molar refractivity (Wildman–Crippen MR) is 116 cm³/mol. The maximum Gasteiger partial charge on any atom is 0.460 e. The minimum absolute atomic E-state index is 0.0438. The second kappa shape index (κ2) is 13.3. The summed E-state index contributed by atoms with van der Waals surface area (Å²) in [6.45, 7) is 0.235. The van der Waals surface area contributed by atoms with Crippen LogP contribution < -0.4 is 4.74 Å². The number of carbonyl (C=O) groups excluding carboxylic acids is 1. The van der Waals surface area contributed by atoms with Crippen molar-refractivity contribution in [1.82, 2.24) is 0 Å². The number of benzene rings is 1. The maximum absolute atomic E-state index is 14.0. The Morgan fingerprint density at radius 2 is 1.00 bits per heavy atom. The third-order valence-corrected chi connectivity index (χ3v) is 6.04. The van der Waals surface area contributed by atoms with Crippen LogP contribution >= 0.6 is 0 Å². The maximum atomic E-state index is 14.0. The van der Waals surface area contributed by atoms with Gasteiger partial charge in [0, 0.05) is 0 Å². The van der Waals surface area contributed by atoms with Gasteiger partial charge in [0.05, 0.1) is 25.2 Å². The molecule has 1 aromatic rings. The van der Waals surface area contributed by atoms with Crippen molar-refractivity contribution in [2.75, 3.05) is 13.2 Å². The summed E-state index contributed by atoms with van der Waals surface area (Å²) >= 11 is 0. The fourth-order valence-corrected chi connectivity index (χ4v) is 3.29. The zero-order valence-electron chi connectivity index (χ0n) is 22.1. The first-order chi connectivity index (χ1) is 19.7. The minimum atomic E-state index is -8.67. The molecule has 0 N–H and O–H groups in total. The van der Waals surface area contributed by atoms with Crippen molar-refractivity contribution in [3.8, 4) is 5.75 Å². The van der Waals surface area contributed by atoms with E-state index in [4.69, 9.17) is 4.74 Å². The number of ether oxygens (including phenoxy) is 2. The molecule has 1 rings (SSSR count). The third kappa shape index (κ3) is 7.23. The molecule has 0 radical (unpaired) electrons. The van der Waals surface area contributed by atoms with E-state index in [-0.39, 0.29) is 12.2 Å². The van der Waals surface area contributed by atoms with Crippen molar-refractivity contribution < 1.29 is 88.9 Å². The van der Waals surface area contributed by atoms with Crippen molar-refractivity contribution in [3.05, 3.63) is 29.8 Å². The van der Waals surface area contributed by atoms with E-state index < -0.39 is 72.4 Å². The topological polar surface area (TPSA) is 35.5 Å². The summed E-state index contributed by atoms with van der Waals surface area (Å²) < 4.78 is 236. The molecule has 0 aliphatic heterocycles. The van der Waals surface area contributed by atoms with Crippen LogP contribution in [0.2, 0.25) is 0 Å². The smallest absolute Gasteiger partial charge is 0.460 e. The molecule has 0 atom stereocenters. The highest BCUT2D eigenvalue weighted by atomic mass is 19.4. The molecule has 0 amide bonds. The van der Waals surface area contributed by atoms with Gasteiger partial charge in [-0.3, -0.25) is 0 Å². The Labute approximate surface area is 237 Å². The summed E-state index contributed by atoms with van der Waals surface area (Å²) in [7, 11) is 0. The van der Waals surface area contributed by atoms with Gasteiger partial charge < -0.3 is 9.47 Å². The number of carbonyl (C=O) groups is 1. The lowest BCUT2D eigenvalue weighted by molar-refractivity contribution is -0.461. The number of hydrogen-bond donors (Lipinski definition) is 0. The van der Waals surface area contributed by atoms with Crippen molar-refractivity contribution >= 4 is 5.97 Å². The lowest BCUT2D eigenvalue weighted by atomic mass is 9.88. The molecule has 0 unspecified atom stereocenters. The van der Waals surface area contributed by atoms with Crippen LogP contribution in [-0.2, 0) is 4.74 Å². The van der Waals surface area contributed by atoms with Gasteiger partial charge in [0.25, 0.3) is 0 Å². The lowest BCUT2D eigenvalue weighted by Crippen LogP contribution is -2.74. The summed E-state index contributed by atoms with van der Waals surface area (Å²) in [6.07, 6.45) is -6.39. The summed E-state index contributed by atoms with van der Waals surface area (Å²) in [4.78, 5) is 11.9. The number of hydrogen-bond acceptors (Lipinski definition) is 3. The van der Waals surface area contributed by atoms with Gasteiger partial charge in [-0.25, -0.2) is 4.79 Å². The summed E-state index contributed by atoms with van der Waals surface area (Å²) in [5, 5.41) is 0. The molecule has 0 bridgehead atoms. The second-order valence-electron chi connectivity index (χ2n) is 9.32. The van der Waals surface area contributed by atoms with E-state index in [9.17, 15) is 79.4 Å². The van der Waals surface area contributed by atoms with Gasteiger partial charge in [0.2, 0.25) is 0 Å². The van der Waals surface area contributed by atoms with Crippen LogP contribution in [0, 0.1) is 0 Å². The van der Waals surface area contributed by atoms with Gasteiger partial charge >= 0.3 is 53.6 Å². The normalized spacial score (nSPS) is 14.5. The average Bonchev–Trinajstić information content (AvgIpc) is 2.89. The van der Waals surface area contributed by atoms with Crippen LogP contribution in [0.4, 0.5) is 74.6 Å². The SMILES string of the molecule is CCCCCCCOC(=O)c1ccc(OCCC(F)(F)C(F)(F)C(F)(F)C(F)(F)C(F)(F)C(F)(F)C(F)(F)C(F)(F)F)cc1. The van der Waals surface area contributed by atoms with Crippen molar-refractivity contribution in [3.63, 3.8) is 0 Å². The molecule has 44 heavy (non-hydrogen) atoms. The summed E-state index contributed by atoms with van der Waals surface area (Å²) in [6, 6.07) is 3.63. The summed E-state index contributed by atoms with van der Waals surface area (Å²) in [5.41, 5.74) is -0.126. The highest BCUT2D eigenvalue weighted by molar-refractivity contribution is 5.89. The van der Waals surface area contributed by atoms with E-state index in [1.54, 1.807) is 0 Å². The van der Waals surface area contributed by atoms with E-state index in [0.717, 1.165) is 49.9 Å². The van der Waals surface area contributed by atoms with Gasteiger partial charge in [0.1, 0.15) is 5.75 Å². The van der Waals surface area contributed by atoms with Gasteiger partial charge in [0.15, 0.2) is 0 Å². The zero-order chi connectivity index (χ0) is 34.6. The molecule has 0 aliphatic rings. The first-order valence-electron chi connectivity index (χ1n) is 12.3. The monoisotopic (exact) mass is 682 g/mol. The molecule has 0 aromatic heterocycles. The molecular formula is C24H23F17O3. The van der Waals surface area contributed by atoms with Crippen LogP contribution in [-0.4, -0.2) is 66.8 Å². The molecule has 0 heterocycles. The molecule has 1 aromatic carbocycles. The van der Waals surface area contributed by atoms with Gasteiger partial charge in [-0.1, -0.05) is 32.6 Å². The molecule has 0 fully saturated rings. The number of halogens is 17. The van der Waals surface area contributed by atoms with E-state index in [0.29, 0.717) is 6.42 Å². The Morgan fingerprint density at radius 1 is 0.568 bits per heavy atom. The molecule has 0 saturated heterocycles. The van der Waals surface area contributed by atoms with Crippen molar-refractivity contribution in [1.29, 1.82) is 0 Å². The quantitative estimate of drug-likeness (QED) is 0.0933. The highest BCUT2D eigenvalue weighted by Gasteiger charge is 2.95. The Hall–Kier alpha value is -2.70. The average molecular weight is 682 g/mol. The van der Waals surface area contributed by atoms with Gasteiger partial charge in [-0.05, 0) is 30.7 Å². The standard InChI is InChI=1S/C24H23F17O3/c1-2-3-4-5-6-12-44-16(42)14-7-9-15(10-8-14)43-13-11-17(25,26)18(27,28)19(29,30)20(31,32)21(33,34)22(35,36)23(37,38)24(39,40)41/h7-10H,2-6,11-13H2,1H3. The van der Waals surface area contributed by atoms with E-state index in [1.807, 2.05) is 6.92 Å². The number of alkyl halides is 17. The van der Waals surface area contributed by atoms with Crippen LogP contribution in [0.5, 0.6) is 5.75 Å². The first-order valence-corrected chi connectivity index (χ1v) is 12.3. The Kier molecular flexibility index (Phi) is 11.9. The van der Waals surface area contributed by atoms with Crippen LogP contribution in [0.1, 0.15) is 55.8 Å². The molecule has 3 nitrogen and oxygen atoms in total. The van der Waals surface area contributed by atoms with E-state index in [2.05, 4.69) is 4.74 Å². The molecule has 256 valence electrons. The van der Waals surface area contributed by atoms with E-state index >= 15 is 0 Å². The Bertz CT molecular complexity index is 1080. The summed E-state index contributed by atoms with van der Waals surface area (Å²) in [5.74, 6) is -58.1. The molecule has 0 spiro atoms. The van der Waals surface area contributed by atoms with Crippen LogP contribution in [0.3, 0.4) is 0 Å². The van der Waals surface area contributed by atoms with Crippen LogP contribution in [0.15, 0.2) is 24.3 Å². The molecular weight excluding hydrogens is 659 g/mol. The fraction of sp³-hybridized carbons (Fsp3) is 0.708. The molecule has 20 heteroatoms. The van der Waals surface area contributed by atoms with Crippen LogP contribution in [0.25, 0.3) is 0 Å². The van der Waals surface area contributed by atoms with Crippen molar-refractivity contribution in [2.24, 2.45) is 0 Å². The fourth-order valence-electron chi connectivity index (χ4n) is 3.29. The number of unbranched alkanes of at least 4 members (excludes halogenated alkanes) is 4. The minimum Gasteiger partial charge on any atom is -0.493 e. The zero-order valence-corrected chi connectivity index (χ0v) is 22.1.